The fourth-order valence-electron chi connectivity index (χ4n) is 3.57. The van der Waals surface area contributed by atoms with Gasteiger partial charge in [0.05, 0.1) is 25.2 Å². The zero-order valence-corrected chi connectivity index (χ0v) is 13.6. The van der Waals surface area contributed by atoms with Gasteiger partial charge in [-0.15, -0.1) is 5.10 Å². The molecule has 4 heterocycles. The SMILES string of the molecule is Cc1ccc(N2C[C@@H]3COC[C@]3(CNC(=O)c3ccco3)C2)nn1. The van der Waals surface area contributed by atoms with E-state index in [-0.39, 0.29) is 11.3 Å². The minimum absolute atomic E-state index is 0.0885. The van der Waals surface area contributed by atoms with Gasteiger partial charge in [-0.25, -0.2) is 0 Å². The van der Waals surface area contributed by atoms with Gasteiger partial charge in [0.15, 0.2) is 11.6 Å². The molecule has 0 aromatic carbocycles. The van der Waals surface area contributed by atoms with Crippen molar-refractivity contribution >= 4 is 11.7 Å². The first-order valence-corrected chi connectivity index (χ1v) is 8.11. The fourth-order valence-corrected chi connectivity index (χ4v) is 3.57. The fraction of sp³-hybridized carbons (Fsp3) is 0.471. The van der Waals surface area contributed by atoms with Crippen molar-refractivity contribution in [1.82, 2.24) is 15.5 Å². The molecule has 0 bridgehead atoms. The number of ether oxygens (including phenoxy) is 1. The molecule has 2 aromatic heterocycles. The van der Waals surface area contributed by atoms with Crippen LogP contribution in [-0.4, -0.2) is 49.0 Å². The van der Waals surface area contributed by atoms with Crippen molar-refractivity contribution < 1.29 is 13.9 Å². The summed E-state index contributed by atoms with van der Waals surface area (Å²) in [6, 6.07) is 7.35. The molecule has 2 atom stereocenters. The van der Waals surface area contributed by atoms with E-state index in [2.05, 4.69) is 20.4 Å². The van der Waals surface area contributed by atoms with Gasteiger partial charge in [-0.2, -0.15) is 5.10 Å². The number of furan rings is 1. The smallest absolute Gasteiger partial charge is 0.286 e. The standard InChI is InChI=1S/C17H20N4O3/c1-12-4-5-15(20-19-12)21-7-13-8-23-11-17(13,10-21)9-18-16(22)14-3-2-6-24-14/h2-6,13H,7-11H2,1H3,(H,18,22)/t13-,17+/m1/s1. The van der Waals surface area contributed by atoms with Crippen LogP contribution in [-0.2, 0) is 4.74 Å². The zero-order valence-electron chi connectivity index (χ0n) is 13.6. The summed E-state index contributed by atoms with van der Waals surface area (Å²) < 4.78 is 10.9. The Morgan fingerprint density at radius 2 is 2.33 bits per heavy atom. The lowest BCUT2D eigenvalue weighted by atomic mass is 9.81. The first-order valence-electron chi connectivity index (χ1n) is 8.11. The van der Waals surface area contributed by atoms with E-state index in [0.717, 1.165) is 24.6 Å². The van der Waals surface area contributed by atoms with Crippen LogP contribution < -0.4 is 10.2 Å². The summed E-state index contributed by atoms with van der Waals surface area (Å²) in [5, 5.41) is 11.4. The van der Waals surface area contributed by atoms with Crippen LogP contribution in [0.4, 0.5) is 5.82 Å². The highest BCUT2D eigenvalue weighted by Crippen LogP contribution is 2.42. The first kappa shape index (κ1) is 15.1. The number of aryl methyl sites for hydroxylation is 1. The molecular formula is C17H20N4O3. The Bertz CT molecular complexity index is 716. The molecular weight excluding hydrogens is 308 g/mol. The van der Waals surface area contributed by atoms with E-state index in [1.54, 1.807) is 12.1 Å². The van der Waals surface area contributed by atoms with Crippen LogP contribution in [0.5, 0.6) is 0 Å². The molecule has 0 aliphatic carbocycles. The van der Waals surface area contributed by atoms with Crippen molar-refractivity contribution in [2.24, 2.45) is 11.3 Å². The average molecular weight is 328 g/mol. The predicted octanol–water partition coefficient (Wildman–Crippen LogP) is 1.26. The van der Waals surface area contributed by atoms with Gasteiger partial charge in [-0.3, -0.25) is 4.79 Å². The largest absolute Gasteiger partial charge is 0.459 e. The van der Waals surface area contributed by atoms with Gasteiger partial charge >= 0.3 is 0 Å². The van der Waals surface area contributed by atoms with Crippen LogP contribution in [0.15, 0.2) is 34.9 Å². The zero-order chi connectivity index (χ0) is 16.6. The number of amides is 1. The van der Waals surface area contributed by atoms with E-state index in [9.17, 15) is 4.79 Å². The molecule has 2 fully saturated rings. The van der Waals surface area contributed by atoms with Crippen molar-refractivity contribution in [3.05, 3.63) is 42.0 Å². The highest BCUT2D eigenvalue weighted by molar-refractivity contribution is 5.91. The third-order valence-electron chi connectivity index (χ3n) is 4.97. The summed E-state index contributed by atoms with van der Waals surface area (Å²) in [6.45, 7) is 5.52. The molecule has 2 aliphatic heterocycles. The Kier molecular flexibility index (Phi) is 3.72. The molecule has 2 aromatic rings. The predicted molar refractivity (Wildman–Crippen MR) is 86.8 cm³/mol. The minimum Gasteiger partial charge on any atom is -0.459 e. The number of carbonyl (C=O) groups is 1. The van der Waals surface area contributed by atoms with Gasteiger partial charge in [0, 0.05) is 31.0 Å². The van der Waals surface area contributed by atoms with Crippen molar-refractivity contribution in [2.75, 3.05) is 37.7 Å². The number of aromatic nitrogens is 2. The molecule has 0 spiro atoms. The van der Waals surface area contributed by atoms with E-state index in [0.29, 0.717) is 31.4 Å². The van der Waals surface area contributed by atoms with E-state index in [1.165, 1.54) is 6.26 Å². The van der Waals surface area contributed by atoms with Crippen molar-refractivity contribution in [1.29, 1.82) is 0 Å². The summed E-state index contributed by atoms with van der Waals surface area (Å²) in [7, 11) is 0. The van der Waals surface area contributed by atoms with Gasteiger partial charge in [-0.1, -0.05) is 0 Å². The molecule has 0 unspecified atom stereocenters. The summed E-state index contributed by atoms with van der Waals surface area (Å²) in [5.74, 6) is 1.40. The van der Waals surface area contributed by atoms with Crippen molar-refractivity contribution in [3.63, 3.8) is 0 Å². The molecule has 7 heteroatoms. The molecule has 1 N–H and O–H groups in total. The van der Waals surface area contributed by atoms with Gasteiger partial charge in [0.1, 0.15) is 0 Å². The maximum atomic E-state index is 12.2. The monoisotopic (exact) mass is 328 g/mol. The molecule has 24 heavy (non-hydrogen) atoms. The van der Waals surface area contributed by atoms with E-state index >= 15 is 0 Å². The van der Waals surface area contributed by atoms with Crippen LogP contribution in [0.3, 0.4) is 0 Å². The Morgan fingerprint density at radius 1 is 1.42 bits per heavy atom. The summed E-state index contributed by atoms with van der Waals surface area (Å²) in [6.07, 6.45) is 1.50. The quantitative estimate of drug-likeness (QED) is 0.910. The lowest BCUT2D eigenvalue weighted by molar-refractivity contribution is 0.0892. The van der Waals surface area contributed by atoms with Crippen LogP contribution in [0.2, 0.25) is 0 Å². The number of hydrogen-bond donors (Lipinski definition) is 1. The van der Waals surface area contributed by atoms with E-state index < -0.39 is 0 Å². The number of nitrogens with zero attached hydrogens (tertiary/aromatic N) is 3. The lowest BCUT2D eigenvalue weighted by Crippen LogP contribution is -2.43. The number of rotatable bonds is 4. The van der Waals surface area contributed by atoms with E-state index in [1.807, 2.05) is 19.1 Å². The third-order valence-corrected chi connectivity index (χ3v) is 4.97. The Morgan fingerprint density at radius 3 is 3.08 bits per heavy atom. The molecule has 0 radical (unpaired) electrons. The maximum Gasteiger partial charge on any atom is 0.286 e. The highest BCUT2D eigenvalue weighted by Gasteiger charge is 2.51. The second-order valence-corrected chi connectivity index (χ2v) is 6.65. The van der Waals surface area contributed by atoms with Crippen molar-refractivity contribution in [3.8, 4) is 0 Å². The summed E-state index contributed by atoms with van der Waals surface area (Å²) in [4.78, 5) is 14.4. The minimum atomic E-state index is -0.186. The average Bonchev–Trinajstić information content (AvgIpc) is 3.29. The van der Waals surface area contributed by atoms with Gasteiger partial charge in [-0.05, 0) is 31.2 Å². The molecule has 2 saturated heterocycles. The van der Waals surface area contributed by atoms with Crippen LogP contribution in [0, 0.1) is 18.3 Å². The lowest BCUT2D eigenvalue weighted by Gasteiger charge is -2.27. The van der Waals surface area contributed by atoms with Crippen molar-refractivity contribution in [2.45, 2.75) is 6.92 Å². The normalized spacial score (nSPS) is 25.7. The number of hydrogen-bond acceptors (Lipinski definition) is 6. The second kappa shape index (κ2) is 5.90. The van der Waals surface area contributed by atoms with Crippen LogP contribution >= 0.6 is 0 Å². The first-order chi connectivity index (χ1) is 11.7. The molecule has 1 amide bonds. The number of anilines is 1. The molecule has 0 saturated carbocycles. The number of nitrogens with one attached hydrogen (secondary N) is 1. The Labute approximate surface area is 140 Å². The van der Waals surface area contributed by atoms with Gasteiger partial charge in [0.2, 0.25) is 0 Å². The summed E-state index contributed by atoms with van der Waals surface area (Å²) in [5.41, 5.74) is 0.816. The van der Waals surface area contributed by atoms with Crippen LogP contribution in [0.1, 0.15) is 16.2 Å². The van der Waals surface area contributed by atoms with Crippen LogP contribution in [0.25, 0.3) is 0 Å². The summed E-state index contributed by atoms with van der Waals surface area (Å²) >= 11 is 0. The molecule has 4 rings (SSSR count). The number of carbonyl (C=O) groups excluding carboxylic acids is 1. The Balaban J connectivity index is 1.46. The topological polar surface area (TPSA) is 80.5 Å². The molecule has 126 valence electrons. The highest BCUT2D eigenvalue weighted by atomic mass is 16.5. The van der Waals surface area contributed by atoms with Gasteiger partial charge < -0.3 is 19.4 Å². The maximum absolute atomic E-state index is 12.2. The number of fused-ring (bicyclic) bond motifs is 1. The van der Waals surface area contributed by atoms with Gasteiger partial charge in [0.25, 0.3) is 5.91 Å². The third kappa shape index (κ3) is 2.65. The Hall–Kier alpha value is -2.41. The second-order valence-electron chi connectivity index (χ2n) is 6.65. The molecule has 7 nitrogen and oxygen atoms in total. The molecule has 2 aliphatic rings. The van der Waals surface area contributed by atoms with E-state index in [4.69, 9.17) is 9.15 Å².